The van der Waals surface area contributed by atoms with E-state index in [1.807, 2.05) is 64.1 Å². The highest BCUT2D eigenvalue weighted by Crippen LogP contribution is 2.37. The van der Waals surface area contributed by atoms with Crippen molar-refractivity contribution >= 4 is 33.6 Å². The predicted molar refractivity (Wildman–Crippen MR) is 182 cm³/mol. The maximum atomic E-state index is 15.3. The first-order valence-electron chi connectivity index (χ1n) is 15.2. The number of hydrogen-bond donors (Lipinski definition) is 5. The van der Waals surface area contributed by atoms with E-state index in [-0.39, 0.29) is 23.4 Å². The molecule has 6 aromatic rings. The van der Waals surface area contributed by atoms with Crippen molar-refractivity contribution in [3.05, 3.63) is 96.1 Å². The van der Waals surface area contributed by atoms with E-state index in [0.717, 1.165) is 22.3 Å². The minimum Gasteiger partial charge on any atom is -0.496 e. The van der Waals surface area contributed by atoms with Gasteiger partial charge in [0.25, 0.3) is 0 Å². The molecular weight excluding hydrogens is 600 g/mol. The molecule has 0 aliphatic rings. The maximum absolute atomic E-state index is 15.3. The van der Waals surface area contributed by atoms with Gasteiger partial charge in [0.05, 0.1) is 34.7 Å². The highest BCUT2D eigenvalue weighted by Gasteiger charge is 2.19. The van der Waals surface area contributed by atoms with Gasteiger partial charge in [0.2, 0.25) is 0 Å². The maximum Gasteiger partial charge on any atom is 0.198 e. The number of nitrogens with zero attached hydrogens (tertiary/aromatic N) is 2. The predicted octanol–water partition coefficient (Wildman–Crippen LogP) is 8.14. The molecule has 0 radical (unpaired) electrons. The molecule has 0 atom stereocenters. The number of methoxy groups -OCH3 is 1. The lowest BCUT2D eigenvalue weighted by Gasteiger charge is -2.12. The number of benzene rings is 4. The first-order chi connectivity index (χ1) is 22.5. The largest absolute Gasteiger partial charge is 0.496 e. The Hall–Kier alpha value is -5.71. The van der Waals surface area contributed by atoms with Crippen LogP contribution in [0.5, 0.6) is 17.2 Å². The Morgan fingerprint density at radius 1 is 0.787 bits per heavy atom. The summed E-state index contributed by atoms with van der Waals surface area (Å²) in [5.41, 5.74) is 6.07. The molecule has 5 N–H and O–H groups in total. The third kappa shape index (κ3) is 6.51. The normalized spacial score (nSPS) is 11.4. The van der Waals surface area contributed by atoms with Gasteiger partial charge in [-0.15, -0.1) is 0 Å². The van der Waals surface area contributed by atoms with Crippen molar-refractivity contribution in [2.75, 3.05) is 7.11 Å². The van der Waals surface area contributed by atoms with Gasteiger partial charge in [0, 0.05) is 35.0 Å². The van der Waals surface area contributed by atoms with Gasteiger partial charge >= 0.3 is 0 Å². The number of aromatic amines is 2. The number of rotatable bonds is 10. The molecule has 0 unspecified atom stereocenters. The average Bonchev–Trinajstić information content (AvgIpc) is 3.65. The molecule has 0 saturated carbocycles. The van der Waals surface area contributed by atoms with E-state index >= 15 is 8.78 Å². The molecule has 0 fully saturated rings. The Morgan fingerprint density at radius 2 is 1.38 bits per heavy atom. The molecule has 6 rings (SSSR count). The van der Waals surface area contributed by atoms with Gasteiger partial charge in [-0.2, -0.15) is 0 Å². The third-order valence-corrected chi connectivity index (χ3v) is 7.42. The lowest BCUT2D eigenvalue weighted by Crippen LogP contribution is -2.30. The minimum atomic E-state index is -0.885. The Balaban J connectivity index is 1.24. The van der Waals surface area contributed by atoms with Crippen molar-refractivity contribution in [1.29, 1.82) is 5.41 Å². The van der Waals surface area contributed by atoms with Gasteiger partial charge in [-0.05, 0) is 87.9 Å². The minimum absolute atomic E-state index is 0.129. The molecule has 0 aliphatic heterocycles. The van der Waals surface area contributed by atoms with Crippen LogP contribution in [-0.4, -0.2) is 45.0 Å². The summed E-state index contributed by atoms with van der Waals surface area (Å²) in [6.45, 7) is 12.1. The van der Waals surface area contributed by atoms with Crippen molar-refractivity contribution in [1.82, 2.24) is 30.6 Å². The highest BCUT2D eigenvalue weighted by atomic mass is 19.1. The zero-order valence-electron chi connectivity index (χ0n) is 26.7. The SMILES string of the molecule is C=C(NC(C)C)c1ccc2nc(-c3cc(F)c(Oc4ccc(-c5nc6ccc(C(=N)NC(C)C)cc6[nH]5)c(OC)c4)c(F)c3)[nH]c2c1. The molecule has 11 heteroatoms. The van der Waals surface area contributed by atoms with Crippen LogP contribution in [0.25, 0.3) is 50.5 Å². The lowest BCUT2D eigenvalue weighted by molar-refractivity contribution is 0.394. The summed E-state index contributed by atoms with van der Waals surface area (Å²) in [5.74, 6) is -0.585. The lowest BCUT2D eigenvalue weighted by atomic mass is 10.1. The number of hydrogen-bond acceptors (Lipinski definition) is 6. The van der Waals surface area contributed by atoms with Gasteiger partial charge in [-0.25, -0.2) is 18.7 Å². The van der Waals surface area contributed by atoms with Gasteiger partial charge in [-0.1, -0.05) is 12.6 Å². The first-order valence-corrected chi connectivity index (χ1v) is 15.2. The molecule has 4 aromatic carbocycles. The standard InChI is InChI=1S/C36H35F2N7O2/c1-18(2)40-20(5)21-7-11-28-30(15-21)44-35(42-28)23-13-26(37)33(27(38)14-23)47-24-9-10-25(32(17-24)46-6)36-43-29-12-8-22(16-31(29)45-36)34(39)41-19(3)4/h7-19,40H,5H2,1-4,6H3,(H2,39,41)(H,42,44)(H,43,45). The van der Waals surface area contributed by atoms with Crippen molar-refractivity contribution in [2.45, 2.75) is 39.8 Å². The van der Waals surface area contributed by atoms with Crippen LogP contribution in [0.15, 0.2) is 73.3 Å². The second-order valence-electron chi connectivity index (χ2n) is 11.8. The zero-order chi connectivity index (χ0) is 33.4. The van der Waals surface area contributed by atoms with E-state index in [1.54, 1.807) is 18.2 Å². The van der Waals surface area contributed by atoms with Gasteiger partial charge in [-0.3, -0.25) is 5.41 Å². The topological polar surface area (TPSA) is 124 Å². The molecule has 2 heterocycles. The van der Waals surface area contributed by atoms with Crippen molar-refractivity contribution in [3.63, 3.8) is 0 Å². The number of fused-ring (bicyclic) bond motifs is 2. The Labute approximate surface area is 270 Å². The van der Waals surface area contributed by atoms with E-state index in [4.69, 9.17) is 14.9 Å². The van der Waals surface area contributed by atoms with Crippen molar-refractivity contribution < 1.29 is 18.3 Å². The van der Waals surface area contributed by atoms with Crippen molar-refractivity contribution in [3.8, 4) is 40.0 Å². The molecular formula is C36H35F2N7O2. The first kappa shape index (κ1) is 31.3. The van der Waals surface area contributed by atoms with Crippen molar-refractivity contribution in [2.24, 2.45) is 0 Å². The van der Waals surface area contributed by atoms with Gasteiger partial charge in [0.1, 0.15) is 29.0 Å². The van der Waals surface area contributed by atoms with E-state index in [2.05, 4.69) is 37.1 Å². The summed E-state index contributed by atoms with van der Waals surface area (Å²) >= 11 is 0. The number of aromatic nitrogens is 4. The Morgan fingerprint density at radius 3 is 2.02 bits per heavy atom. The zero-order valence-corrected chi connectivity index (χ0v) is 26.7. The fraction of sp³-hybridized carbons (Fsp3) is 0.194. The molecule has 0 spiro atoms. The number of H-pyrrole nitrogens is 2. The van der Waals surface area contributed by atoms with Crippen LogP contribution in [0.2, 0.25) is 0 Å². The summed E-state index contributed by atoms with van der Waals surface area (Å²) in [5, 5.41) is 14.7. The van der Waals surface area contributed by atoms with Gasteiger partial charge < -0.3 is 30.1 Å². The average molecular weight is 636 g/mol. The Bertz CT molecular complexity index is 2130. The van der Waals surface area contributed by atoms with Crippen LogP contribution >= 0.6 is 0 Å². The fourth-order valence-electron chi connectivity index (χ4n) is 5.27. The van der Waals surface area contributed by atoms with E-state index < -0.39 is 17.4 Å². The molecule has 2 aromatic heterocycles. The highest BCUT2D eigenvalue weighted by molar-refractivity contribution is 5.99. The molecule has 240 valence electrons. The van der Waals surface area contributed by atoms with Crippen LogP contribution in [0, 0.1) is 17.0 Å². The molecule has 0 amide bonds. The second kappa shape index (κ2) is 12.6. The van der Waals surface area contributed by atoms with E-state index in [9.17, 15) is 0 Å². The number of amidine groups is 1. The molecule has 0 aliphatic carbocycles. The van der Waals surface area contributed by atoms with E-state index in [1.165, 1.54) is 19.2 Å². The summed E-state index contributed by atoms with van der Waals surface area (Å²) in [7, 11) is 1.49. The van der Waals surface area contributed by atoms with Crippen LogP contribution in [0.4, 0.5) is 8.78 Å². The molecule has 0 saturated heterocycles. The molecule has 0 bridgehead atoms. The van der Waals surface area contributed by atoms with Crippen LogP contribution in [-0.2, 0) is 0 Å². The quantitative estimate of drug-likeness (QED) is 0.0765. The summed E-state index contributed by atoms with van der Waals surface area (Å²) in [6, 6.07) is 18.7. The van der Waals surface area contributed by atoms with Crippen LogP contribution in [0.3, 0.4) is 0 Å². The van der Waals surface area contributed by atoms with Gasteiger partial charge in [0.15, 0.2) is 17.4 Å². The van der Waals surface area contributed by atoms with E-state index in [0.29, 0.717) is 45.3 Å². The third-order valence-electron chi connectivity index (χ3n) is 7.42. The Kier molecular flexibility index (Phi) is 8.38. The molecule has 9 nitrogen and oxygen atoms in total. The smallest absolute Gasteiger partial charge is 0.198 e. The summed E-state index contributed by atoms with van der Waals surface area (Å²) < 4.78 is 42.0. The second-order valence-corrected chi connectivity index (χ2v) is 11.8. The number of ether oxygens (including phenoxy) is 2. The molecule has 47 heavy (non-hydrogen) atoms. The number of imidazole rings is 2. The summed E-state index contributed by atoms with van der Waals surface area (Å²) in [4.78, 5) is 15.6. The van der Waals surface area contributed by atoms with Crippen LogP contribution in [0.1, 0.15) is 38.8 Å². The number of nitrogens with one attached hydrogen (secondary N) is 5. The fourth-order valence-corrected chi connectivity index (χ4v) is 5.27. The summed E-state index contributed by atoms with van der Waals surface area (Å²) in [6.07, 6.45) is 0. The van der Waals surface area contributed by atoms with Crippen LogP contribution < -0.4 is 20.1 Å². The number of halogens is 2. The monoisotopic (exact) mass is 635 g/mol.